The van der Waals surface area contributed by atoms with E-state index < -0.39 is 15.5 Å². The van der Waals surface area contributed by atoms with E-state index in [0.717, 1.165) is 5.56 Å². The molecule has 0 aliphatic carbocycles. The molecular weight excluding hydrogens is 226 g/mol. The molecule has 0 aliphatic heterocycles. The SMILES string of the molecule is C[CH][C@@H](OC)S(=O)(=O)Nc1ccc(C)cc1. The molecule has 0 heterocycles. The summed E-state index contributed by atoms with van der Waals surface area (Å²) in [5.41, 5.74) is 0.677. The summed E-state index contributed by atoms with van der Waals surface area (Å²) in [7, 11) is -2.16. The second kappa shape index (κ2) is 5.32. The summed E-state index contributed by atoms with van der Waals surface area (Å²) >= 11 is 0. The van der Waals surface area contributed by atoms with Gasteiger partial charge in [-0.2, -0.15) is 0 Å². The number of rotatable bonds is 5. The summed E-state index contributed by atoms with van der Waals surface area (Å²) in [6, 6.07) is 7.12. The Balaban J connectivity index is 2.84. The van der Waals surface area contributed by atoms with Gasteiger partial charge in [0.15, 0.2) is 5.44 Å². The van der Waals surface area contributed by atoms with Gasteiger partial charge in [0.05, 0.1) is 0 Å². The summed E-state index contributed by atoms with van der Waals surface area (Å²) in [5, 5.41) is 0. The molecule has 1 rings (SSSR count). The number of anilines is 1. The third-order valence-corrected chi connectivity index (χ3v) is 3.72. The highest BCUT2D eigenvalue weighted by atomic mass is 32.2. The second-order valence-electron chi connectivity index (χ2n) is 3.45. The molecule has 0 aromatic heterocycles. The van der Waals surface area contributed by atoms with Crippen molar-refractivity contribution in [3.05, 3.63) is 36.2 Å². The molecule has 0 unspecified atom stereocenters. The largest absolute Gasteiger partial charge is 0.363 e. The molecule has 0 aliphatic rings. The molecule has 5 heteroatoms. The fraction of sp³-hybridized carbons (Fsp3) is 0.364. The number of methoxy groups -OCH3 is 1. The van der Waals surface area contributed by atoms with E-state index in [9.17, 15) is 8.42 Å². The second-order valence-corrected chi connectivity index (χ2v) is 5.21. The van der Waals surface area contributed by atoms with Gasteiger partial charge in [-0.3, -0.25) is 4.72 Å². The average Bonchev–Trinajstić information content (AvgIpc) is 2.22. The number of sulfonamides is 1. The van der Waals surface area contributed by atoms with Crippen LogP contribution in [0.4, 0.5) is 5.69 Å². The van der Waals surface area contributed by atoms with Gasteiger partial charge < -0.3 is 4.74 Å². The minimum atomic E-state index is -3.52. The van der Waals surface area contributed by atoms with Crippen LogP contribution in [-0.4, -0.2) is 21.0 Å². The molecule has 16 heavy (non-hydrogen) atoms. The van der Waals surface area contributed by atoms with Gasteiger partial charge in [-0.25, -0.2) is 8.42 Å². The van der Waals surface area contributed by atoms with Crippen LogP contribution >= 0.6 is 0 Å². The molecule has 0 saturated heterocycles. The summed E-state index contributed by atoms with van der Waals surface area (Å²) < 4.78 is 30.9. The molecule has 1 aromatic carbocycles. The predicted octanol–water partition coefficient (Wildman–Crippen LogP) is 1.93. The predicted molar refractivity (Wildman–Crippen MR) is 64.5 cm³/mol. The molecule has 0 bridgehead atoms. The van der Waals surface area contributed by atoms with Crippen molar-refractivity contribution in [2.45, 2.75) is 19.3 Å². The molecule has 4 nitrogen and oxygen atoms in total. The molecule has 0 saturated carbocycles. The van der Waals surface area contributed by atoms with Crippen molar-refractivity contribution in [1.29, 1.82) is 0 Å². The zero-order chi connectivity index (χ0) is 12.2. The van der Waals surface area contributed by atoms with Crippen molar-refractivity contribution in [3.63, 3.8) is 0 Å². The van der Waals surface area contributed by atoms with E-state index in [0.29, 0.717) is 5.69 Å². The van der Waals surface area contributed by atoms with E-state index in [1.165, 1.54) is 13.5 Å². The average molecular weight is 242 g/mol. The molecule has 0 fully saturated rings. The smallest absolute Gasteiger partial charge is 0.260 e. The number of benzene rings is 1. The third-order valence-electron chi connectivity index (χ3n) is 2.12. The number of hydrogen-bond acceptors (Lipinski definition) is 3. The maximum absolute atomic E-state index is 11.8. The van der Waals surface area contributed by atoms with Crippen molar-refractivity contribution in [3.8, 4) is 0 Å². The van der Waals surface area contributed by atoms with Crippen LogP contribution < -0.4 is 4.72 Å². The van der Waals surface area contributed by atoms with Gasteiger partial charge in [-0.15, -0.1) is 0 Å². The van der Waals surface area contributed by atoms with Crippen LogP contribution in [0.15, 0.2) is 24.3 Å². The normalized spacial score (nSPS) is 13.4. The summed E-state index contributed by atoms with van der Waals surface area (Å²) in [5.74, 6) is 0. The fourth-order valence-corrected chi connectivity index (χ4v) is 2.48. The van der Waals surface area contributed by atoms with Crippen LogP contribution in [0.3, 0.4) is 0 Å². The van der Waals surface area contributed by atoms with E-state index in [-0.39, 0.29) is 0 Å². The van der Waals surface area contributed by atoms with E-state index in [1.54, 1.807) is 19.1 Å². The Bertz CT molecular complexity index is 421. The van der Waals surface area contributed by atoms with E-state index in [4.69, 9.17) is 4.74 Å². The summed E-state index contributed by atoms with van der Waals surface area (Å²) in [4.78, 5) is 0. The lowest BCUT2D eigenvalue weighted by Gasteiger charge is -2.15. The van der Waals surface area contributed by atoms with Gasteiger partial charge in [0, 0.05) is 19.2 Å². The maximum atomic E-state index is 11.8. The van der Waals surface area contributed by atoms with Gasteiger partial charge >= 0.3 is 0 Å². The minimum Gasteiger partial charge on any atom is -0.363 e. The van der Waals surface area contributed by atoms with Gasteiger partial charge in [0.25, 0.3) is 10.0 Å². The Labute approximate surface area is 96.7 Å². The zero-order valence-corrected chi connectivity index (χ0v) is 10.4. The lowest BCUT2D eigenvalue weighted by Crippen LogP contribution is -2.29. The molecule has 0 spiro atoms. The van der Waals surface area contributed by atoms with Crippen molar-refractivity contribution in [2.24, 2.45) is 0 Å². The van der Waals surface area contributed by atoms with Gasteiger partial charge in [0.2, 0.25) is 0 Å². The Hall–Kier alpha value is -1.07. The highest BCUT2D eigenvalue weighted by Crippen LogP contribution is 2.14. The van der Waals surface area contributed by atoms with Crippen LogP contribution in [0, 0.1) is 13.3 Å². The third kappa shape index (κ3) is 3.21. The maximum Gasteiger partial charge on any atom is 0.260 e. The van der Waals surface area contributed by atoms with E-state index in [1.807, 2.05) is 19.1 Å². The van der Waals surface area contributed by atoms with Crippen molar-refractivity contribution >= 4 is 15.7 Å². The molecule has 0 amide bonds. The van der Waals surface area contributed by atoms with Crippen LogP contribution in [0.5, 0.6) is 0 Å². The molecule has 1 N–H and O–H groups in total. The first-order chi connectivity index (χ1) is 7.49. The van der Waals surface area contributed by atoms with Gasteiger partial charge in [0.1, 0.15) is 0 Å². The summed E-state index contributed by atoms with van der Waals surface area (Å²) in [6.45, 7) is 3.58. The molecule has 1 aromatic rings. The molecule has 89 valence electrons. The first-order valence-corrected chi connectivity index (χ1v) is 6.45. The van der Waals surface area contributed by atoms with E-state index >= 15 is 0 Å². The fourth-order valence-electron chi connectivity index (χ4n) is 1.29. The molecular formula is C11H16NO3S. The van der Waals surface area contributed by atoms with Gasteiger partial charge in [-0.1, -0.05) is 24.6 Å². The monoisotopic (exact) mass is 242 g/mol. The Morgan fingerprint density at radius 2 is 1.88 bits per heavy atom. The first kappa shape index (κ1) is 13.0. The van der Waals surface area contributed by atoms with Crippen LogP contribution in [-0.2, 0) is 14.8 Å². The van der Waals surface area contributed by atoms with Crippen LogP contribution in [0.2, 0.25) is 0 Å². The Morgan fingerprint density at radius 1 is 1.31 bits per heavy atom. The quantitative estimate of drug-likeness (QED) is 0.858. The van der Waals surface area contributed by atoms with Crippen molar-refractivity contribution < 1.29 is 13.2 Å². The lowest BCUT2D eigenvalue weighted by molar-refractivity contribution is 0.187. The lowest BCUT2D eigenvalue weighted by atomic mass is 10.2. The Morgan fingerprint density at radius 3 is 2.31 bits per heavy atom. The number of aryl methyl sites for hydroxylation is 1. The summed E-state index contributed by atoms with van der Waals surface area (Å²) in [6.07, 6.45) is 1.48. The minimum absolute atomic E-state index is 0.537. The topological polar surface area (TPSA) is 55.4 Å². The van der Waals surface area contributed by atoms with E-state index in [2.05, 4.69) is 4.72 Å². The zero-order valence-electron chi connectivity index (χ0n) is 9.60. The first-order valence-electron chi connectivity index (χ1n) is 4.90. The van der Waals surface area contributed by atoms with Crippen molar-refractivity contribution in [1.82, 2.24) is 0 Å². The van der Waals surface area contributed by atoms with Crippen LogP contribution in [0.25, 0.3) is 0 Å². The van der Waals surface area contributed by atoms with Crippen molar-refractivity contribution in [2.75, 3.05) is 11.8 Å². The Kier molecular flexibility index (Phi) is 4.32. The highest BCUT2D eigenvalue weighted by molar-refractivity contribution is 7.93. The molecule has 1 radical (unpaired) electrons. The van der Waals surface area contributed by atoms with Crippen LogP contribution in [0.1, 0.15) is 12.5 Å². The number of hydrogen-bond donors (Lipinski definition) is 1. The number of ether oxygens (including phenoxy) is 1. The standard InChI is InChI=1S/C11H16NO3S/c1-4-11(15-3)16(13,14)12-10-7-5-9(2)6-8-10/h4-8,11-12H,1-3H3/t11-/m0/s1. The highest BCUT2D eigenvalue weighted by Gasteiger charge is 2.23. The molecule has 1 atom stereocenters. The van der Waals surface area contributed by atoms with Gasteiger partial charge in [-0.05, 0) is 19.1 Å². The number of nitrogens with one attached hydrogen (secondary N) is 1.